The fourth-order valence-corrected chi connectivity index (χ4v) is 4.92. The lowest BCUT2D eigenvalue weighted by Gasteiger charge is -2.39. The van der Waals surface area contributed by atoms with Crippen LogP contribution in [0.1, 0.15) is 51.4 Å². The highest BCUT2D eigenvalue weighted by atomic mass is 32.2. The molecular weight excluding hydrogens is 260 g/mol. The molecule has 1 N–H and O–H groups in total. The minimum absolute atomic E-state index is 0.0924. The van der Waals surface area contributed by atoms with Crippen LogP contribution in [-0.2, 0) is 0 Å². The summed E-state index contributed by atoms with van der Waals surface area (Å²) in [6.45, 7) is 0. The summed E-state index contributed by atoms with van der Waals surface area (Å²) < 4.78 is 0. The number of rotatable bonds is 2. The van der Waals surface area contributed by atoms with E-state index in [9.17, 15) is 10.1 Å². The van der Waals surface area contributed by atoms with Crippen molar-refractivity contribution in [2.75, 3.05) is 0 Å². The largest absolute Gasteiger partial charge is 0.384 e. The average Bonchev–Trinajstić information content (AvgIpc) is 2.47. The Hall–Kier alpha value is -0.710. The number of nitrogens with zero attached hydrogens (tertiary/aromatic N) is 1. The zero-order valence-electron chi connectivity index (χ0n) is 11.2. The van der Waals surface area contributed by atoms with Gasteiger partial charge < -0.3 is 5.32 Å². The second-order valence-electron chi connectivity index (χ2n) is 6.07. The number of nitrogens with one attached hydrogen (secondary N) is 1. The van der Waals surface area contributed by atoms with Crippen LogP contribution < -0.4 is 5.32 Å². The van der Waals surface area contributed by atoms with Crippen LogP contribution in [0.15, 0.2) is 11.1 Å². The van der Waals surface area contributed by atoms with E-state index in [4.69, 9.17) is 0 Å². The zero-order valence-corrected chi connectivity index (χ0v) is 12.0. The van der Waals surface area contributed by atoms with E-state index in [1.54, 1.807) is 0 Å². The van der Waals surface area contributed by atoms with Crippen LogP contribution in [-0.4, -0.2) is 22.3 Å². The van der Waals surface area contributed by atoms with Gasteiger partial charge in [0.15, 0.2) is 0 Å². The summed E-state index contributed by atoms with van der Waals surface area (Å²) in [5.74, 6) is 0.534. The molecule has 4 nitrogen and oxygen atoms in total. The molecule has 0 aromatic carbocycles. The molecule has 0 aromatic rings. The smallest absolute Gasteiger partial charge is 0.213 e. The highest BCUT2D eigenvalue weighted by Crippen LogP contribution is 2.38. The predicted molar refractivity (Wildman–Crippen MR) is 77.6 cm³/mol. The summed E-state index contributed by atoms with van der Waals surface area (Å²) >= 11 is 2.00. The monoisotopic (exact) mass is 282 g/mol. The molecule has 106 valence electrons. The molecule has 1 heterocycles. The van der Waals surface area contributed by atoms with Crippen molar-refractivity contribution in [3.8, 4) is 0 Å². The number of fused-ring (bicyclic) bond motifs is 1. The Bertz CT molecular complexity index is 378. The maximum atomic E-state index is 10.8. The van der Waals surface area contributed by atoms with Crippen LogP contribution in [0.5, 0.6) is 0 Å². The molecule has 3 aliphatic rings. The van der Waals surface area contributed by atoms with Gasteiger partial charge in [-0.25, -0.2) is 0 Å². The SMILES string of the molecule is O=[N+]([O-])C1CCC(C2=CS[C@@H]3CCCC[C@@H]3N2)CC1. The van der Waals surface area contributed by atoms with Crippen molar-refractivity contribution in [2.24, 2.45) is 5.92 Å². The predicted octanol–water partition coefficient (Wildman–Crippen LogP) is 3.31. The highest BCUT2D eigenvalue weighted by molar-refractivity contribution is 8.02. The minimum Gasteiger partial charge on any atom is -0.384 e. The maximum Gasteiger partial charge on any atom is 0.213 e. The van der Waals surface area contributed by atoms with E-state index in [1.807, 2.05) is 11.8 Å². The summed E-state index contributed by atoms with van der Waals surface area (Å²) in [6.07, 6.45) is 8.78. The van der Waals surface area contributed by atoms with Gasteiger partial charge in [-0.1, -0.05) is 12.8 Å². The van der Waals surface area contributed by atoms with Crippen molar-refractivity contribution in [3.05, 3.63) is 21.2 Å². The lowest BCUT2D eigenvalue weighted by molar-refractivity contribution is -0.526. The summed E-state index contributed by atoms with van der Waals surface area (Å²) in [5, 5.41) is 17.6. The molecule has 1 aliphatic heterocycles. The van der Waals surface area contributed by atoms with E-state index >= 15 is 0 Å². The Kier molecular flexibility index (Phi) is 4.01. The van der Waals surface area contributed by atoms with E-state index in [-0.39, 0.29) is 11.0 Å². The number of nitro groups is 1. The quantitative estimate of drug-likeness (QED) is 0.623. The molecule has 0 spiro atoms. The molecule has 2 atom stereocenters. The van der Waals surface area contributed by atoms with Gasteiger partial charge in [0.2, 0.25) is 6.04 Å². The van der Waals surface area contributed by atoms with Gasteiger partial charge in [0.05, 0.1) is 0 Å². The molecule has 2 aliphatic carbocycles. The molecule has 19 heavy (non-hydrogen) atoms. The summed E-state index contributed by atoms with van der Waals surface area (Å²) in [7, 11) is 0. The normalized spacial score (nSPS) is 38.8. The molecule has 0 radical (unpaired) electrons. The first-order chi connectivity index (χ1) is 9.24. The van der Waals surface area contributed by atoms with E-state index < -0.39 is 0 Å². The van der Waals surface area contributed by atoms with E-state index in [0.717, 1.165) is 30.9 Å². The van der Waals surface area contributed by atoms with Crippen LogP contribution >= 0.6 is 11.8 Å². The molecule has 5 heteroatoms. The number of hydrogen-bond acceptors (Lipinski definition) is 4. The third-order valence-corrected chi connectivity index (χ3v) is 6.16. The fraction of sp³-hybridized carbons (Fsp3) is 0.857. The van der Waals surface area contributed by atoms with Gasteiger partial charge in [-0.3, -0.25) is 10.1 Å². The van der Waals surface area contributed by atoms with Crippen molar-refractivity contribution in [3.63, 3.8) is 0 Å². The molecule has 0 amide bonds. The van der Waals surface area contributed by atoms with Crippen LogP contribution in [0.25, 0.3) is 0 Å². The second-order valence-corrected chi connectivity index (χ2v) is 7.19. The fourth-order valence-electron chi connectivity index (χ4n) is 3.65. The Morgan fingerprint density at radius 2 is 1.89 bits per heavy atom. The average molecular weight is 282 g/mol. The summed E-state index contributed by atoms with van der Waals surface area (Å²) in [4.78, 5) is 10.7. The van der Waals surface area contributed by atoms with E-state index in [1.165, 1.54) is 31.4 Å². The molecule has 0 bridgehead atoms. The topological polar surface area (TPSA) is 55.2 Å². The van der Waals surface area contributed by atoms with Gasteiger partial charge in [0, 0.05) is 34.8 Å². The van der Waals surface area contributed by atoms with E-state index in [2.05, 4.69) is 10.7 Å². The molecule has 2 saturated carbocycles. The Morgan fingerprint density at radius 1 is 1.16 bits per heavy atom. The number of hydrogen-bond donors (Lipinski definition) is 1. The highest BCUT2D eigenvalue weighted by Gasteiger charge is 2.34. The first kappa shape index (κ1) is 13.3. The number of thioether (sulfide) groups is 1. The zero-order chi connectivity index (χ0) is 13.2. The molecule has 2 fully saturated rings. The van der Waals surface area contributed by atoms with Crippen LogP contribution in [0, 0.1) is 16.0 Å². The van der Waals surface area contributed by atoms with Crippen LogP contribution in [0.4, 0.5) is 0 Å². The second kappa shape index (κ2) is 5.73. The Labute approximate surface area is 118 Å². The first-order valence-corrected chi connectivity index (χ1v) is 8.44. The van der Waals surface area contributed by atoms with Crippen molar-refractivity contribution in [1.29, 1.82) is 0 Å². The standard InChI is InChI=1S/C14H22N2O2S/c17-16(18)11-7-5-10(6-8-11)13-9-19-14-4-2-1-3-12(14)15-13/h9-12,14-15H,1-8H2/t10?,11?,12-,14+/m0/s1. The third kappa shape index (κ3) is 2.91. The van der Waals surface area contributed by atoms with Gasteiger partial charge in [-0.15, -0.1) is 11.8 Å². The van der Waals surface area contributed by atoms with Gasteiger partial charge in [0.1, 0.15) is 0 Å². The van der Waals surface area contributed by atoms with Crippen molar-refractivity contribution in [1.82, 2.24) is 5.32 Å². The molecular formula is C14H22N2O2S. The van der Waals surface area contributed by atoms with Crippen LogP contribution in [0.3, 0.4) is 0 Å². The van der Waals surface area contributed by atoms with E-state index in [0.29, 0.717) is 12.0 Å². The third-order valence-electron chi connectivity index (χ3n) is 4.86. The van der Waals surface area contributed by atoms with Gasteiger partial charge in [0.25, 0.3) is 0 Å². The van der Waals surface area contributed by atoms with Crippen molar-refractivity contribution >= 4 is 11.8 Å². The molecule has 3 rings (SSSR count). The minimum atomic E-state index is -0.296. The summed E-state index contributed by atoms with van der Waals surface area (Å²) in [5.41, 5.74) is 1.37. The lowest BCUT2D eigenvalue weighted by atomic mass is 9.83. The molecule has 0 saturated heterocycles. The maximum absolute atomic E-state index is 10.8. The molecule has 0 aromatic heterocycles. The lowest BCUT2D eigenvalue weighted by Crippen LogP contribution is -2.44. The van der Waals surface area contributed by atoms with Crippen LogP contribution in [0.2, 0.25) is 0 Å². The van der Waals surface area contributed by atoms with Gasteiger partial charge in [-0.2, -0.15) is 0 Å². The Balaban J connectivity index is 1.58. The molecule has 0 unspecified atom stereocenters. The van der Waals surface area contributed by atoms with Crippen molar-refractivity contribution in [2.45, 2.75) is 68.7 Å². The summed E-state index contributed by atoms with van der Waals surface area (Å²) in [6, 6.07) is 0.350. The number of allylic oxidation sites excluding steroid dienone is 1. The van der Waals surface area contributed by atoms with Gasteiger partial charge >= 0.3 is 0 Å². The van der Waals surface area contributed by atoms with Crippen molar-refractivity contribution < 1.29 is 4.92 Å². The first-order valence-electron chi connectivity index (χ1n) is 7.49. The Morgan fingerprint density at radius 3 is 2.63 bits per heavy atom. The van der Waals surface area contributed by atoms with Gasteiger partial charge in [-0.05, 0) is 37.0 Å².